The van der Waals surface area contributed by atoms with E-state index in [1.807, 2.05) is 25.4 Å². The van der Waals surface area contributed by atoms with E-state index in [9.17, 15) is 0 Å². The summed E-state index contributed by atoms with van der Waals surface area (Å²) in [6, 6.07) is 14.7. The van der Waals surface area contributed by atoms with E-state index < -0.39 is 0 Å². The summed E-state index contributed by atoms with van der Waals surface area (Å²) in [6.45, 7) is 0.814. The molecule has 1 aromatic carbocycles. The van der Waals surface area contributed by atoms with Crippen molar-refractivity contribution in [3.05, 3.63) is 58.9 Å². The molecule has 0 radical (unpaired) electrons. The molecule has 96 valence electrons. The molecule has 19 heavy (non-hydrogen) atoms. The lowest BCUT2D eigenvalue weighted by Gasteiger charge is -1.99. The number of benzene rings is 1. The van der Waals surface area contributed by atoms with Gasteiger partial charge in [-0.25, -0.2) is 0 Å². The summed E-state index contributed by atoms with van der Waals surface area (Å²) in [5.41, 5.74) is 2.55. The Morgan fingerprint density at radius 3 is 2.74 bits per heavy atom. The highest BCUT2D eigenvalue weighted by Crippen LogP contribution is 2.25. The van der Waals surface area contributed by atoms with Gasteiger partial charge in [0.1, 0.15) is 5.82 Å². The average molecular weight is 269 g/mol. The molecule has 3 rings (SSSR count). The maximum atomic E-state index is 4.30. The SMILES string of the molecule is Cn1ccc(NCc2cc(-c3ccccc3)cs2)n1. The van der Waals surface area contributed by atoms with Crippen molar-refractivity contribution in [2.45, 2.75) is 6.54 Å². The molecule has 0 aliphatic carbocycles. The van der Waals surface area contributed by atoms with Crippen LogP contribution in [-0.4, -0.2) is 9.78 Å². The minimum Gasteiger partial charge on any atom is -0.364 e. The van der Waals surface area contributed by atoms with Crippen molar-refractivity contribution in [3.63, 3.8) is 0 Å². The second-order valence-corrected chi connectivity index (χ2v) is 5.39. The summed E-state index contributed by atoms with van der Waals surface area (Å²) in [6.07, 6.45) is 1.94. The molecule has 0 spiro atoms. The van der Waals surface area contributed by atoms with Crippen LogP contribution in [0, 0.1) is 0 Å². The number of nitrogens with one attached hydrogen (secondary N) is 1. The van der Waals surface area contributed by atoms with Crippen LogP contribution in [0.1, 0.15) is 4.88 Å². The Morgan fingerprint density at radius 1 is 1.16 bits per heavy atom. The van der Waals surface area contributed by atoms with Gasteiger partial charge in [-0.1, -0.05) is 30.3 Å². The molecule has 0 saturated carbocycles. The molecule has 0 fully saturated rings. The Bertz CT molecular complexity index is 655. The van der Waals surface area contributed by atoms with Gasteiger partial charge in [-0.15, -0.1) is 11.3 Å². The van der Waals surface area contributed by atoms with Crippen molar-refractivity contribution in [2.24, 2.45) is 7.05 Å². The molecular formula is C15H15N3S. The fourth-order valence-corrected chi connectivity index (χ4v) is 2.78. The zero-order valence-electron chi connectivity index (χ0n) is 10.7. The number of thiophene rings is 1. The Kier molecular flexibility index (Phi) is 3.33. The van der Waals surface area contributed by atoms with Crippen LogP contribution in [0.5, 0.6) is 0 Å². The average Bonchev–Trinajstić information content (AvgIpc) is 3.06. The standard InChI is InChI=1S/C15H15N3S/c1-18-8-7-15(17-18)16-10-14-9-13(11-19-14)12-5-3-2-4-6-12/h2-9,11H,10H2,1H3,(H,16,17). The smallest absolute Gasteiger partial charge is 0.148 e. The first-order chi connectivity index (χ1) is 9.31. The fraction of sp³-hybridized carbons (Fsp3) is 0.133. The van der Waals surface area contributed by atoms with Gasteiger partial charge in [0.15, 0.2) is 0 Å². The third-order valence-corrected chi connectivity index (χ3v) is 3.85. The highest BCUT2D eigenvalue weighted by molar-refractivity contribution is 7.10. The van der Waals surface area contributed by atoms with Crippen LogP contribution >= 0.6 is 11.3 Å². The van der Waals surface area contributed by atoms with Crippen molar-refractivity contribution < 1.29 is 0 Å². The van der Waals surface area contributed by atoms with E-state index in [-0.39, 0.29) is 0 Å². The lowest BCUT2D eigenvalue weighted by Crippen LogP contribution is -1.98. The Balaban J connectivity index is 1.68. The van der Waals surface area contributed by atoms with Gasteiger partial charge in [-0.3, -0.25) is 4.68 Å². The molecule has 0 amide bonds. The third-order valence-electron chi connectivity index (χ3n) is 2.92. The molecule has 3 nitrogen and oxygen atoms in total. The number of nitrogens with zero attached hydrogens (tertiary/aromatic N) is 2. The van der Waals surface area contributed by atoms with Gasteiger partial charge >= 0.3 is 0 Å². The van der Waals surface area contributed by atoms with Crippen LogP contribution < -0.4 is 5.32 Å². The molecule has 0 atom stereocenters. The zero-order valence-corrected chi connectivity index (χ0v) is 11.5. The third kappa shape index (κ3) is 2.85. The number of aryl methyl sites for hydroxylation is 1. The van der Waals surface area contributed by atoms with Crippen LogP contribution in [0.25, 0.3) is 11.1 Å². The molecule has 1 N–H and O–H groups in total. The fourth-order valence-electron chi connectivity index (χ4n) is 1.94. The van der Waals surface area contributed by atoms with E-state index in [0.29, 0.717) is 0 Å². The van der Waals surface area contributed by atoms with E-state index in [0.717, 1.165) is 12.4 Å². The molecule has 4 heteroatoms. The first-order valence-corrected chi connectivity index (χ1v) is 7.05. The van der Waals surface area contributed by atoms with Gasteiger partial charge in [-0.05, 0) is 22.6 Å². The maximum Gasteiger partial charge on any atom is 0.148 e. The van der Waals surface area contributed by atoms with E-state index >= 15 is 0 Å². The first kappa shape index (κ1) is 12.0. The van der Waals surface area contributed by atoms with Gasteiger partial charge < -0.3 is 5.32 Å². The number of rotatable bonds is 4. The quantitative estimate of drug-likeness (QED) is 0.781. The van der Waals surface area contributed by atoms with Crippen LogP contribution in [-0.2, 0) is 13.6 Å². The molecule has 2 heterocycles. The topological polar surface area (TPSA) is 29.9 Å². The predicted octanol–water partition coefficient (Wildman–Crippen LogP) is 3.76. The van der Waals surface area contributed by atoms with Crippen LogP contribution in [0.3, 0.4) is 0 Å². The number of anilines is 1. The summed E-state index contributed by atoms with van der Waals surface area (Å²) < 4.78 is 1.80. The highest BCUT2D eigenvalue weighted by Gasteiger charge is 2.03. The summed E-state index contributed by atoms with van der Waals surface area (Å²) >= 11 is 1.77. The highest BCUT2D eigenvalue weighted by atomic mass is 32.1. The molecule has 3 aromatic rings. The van der Waals surface area contributed by atoms with Crippen molar-refractivity contribution in [1.82, 2.24) is 9.78 Å². The van der Waals surface area contributed by atoms with Gasteiger partial charge in [0.2, 0.25) is 0 Å². The second kappa shape index (κ2) is 5.28. The van der Waals surface area contributed by atoms with Gasteiger partial charge in [0, 0.05) is 24.2 Å². The molecular weight excluding hydrogens is 254 g/mol. The van der Waals surface area contributed by atoms with Crippen LogP contribution in [0.2, 0.25) is 0 Å². The number of hydrogen-bond acceptors (Lipinski definition) is 3. The Morgan fingerprint density at radius 2 is 2.00 bits per heavy atom. The number of aromatic nitrogens is 2. The van der Waals surface area contributed by atoms with Crippen LogP contribution in [0.15, 0.2) is 54.0 Å². The van der Waals surface area contributed by atoms with Crippen molar-refractivity contribution >= 4 is 17.2 Å². The van der Waals surface area contributed by atoms with Gasteiger partial charge in [-0.2, -0.15) is 5.10 Å². The van der Waals surface area contributed by atoms with Crippen molar-refractivity contribution in [1.29, 1.82) is 0 Å². The summed E-state index contributed by atoms with van der Waals surface area (Å²) in [5, 5.41) is 9.83. The molecule has 0 aliphatic rings. The van der Waals surface area contributed by atoms with E-state index in [2.05, 4.69) is 46.1 Å². The van der Waals surface area contributed by atoms with Crippen LogP contribution in [0.4, 0.5) is 5.82 Å². The van der Waals surface area contributed by atoms with Crippen molar-refractivity contribution in [3.8, 4) is 11.1 Å². The van der Waals surface area contributed by atoms with Gasteiger partial charge in [0.05, 0.1) is 6.54 Å². The monoisotopic (exact) mass is 269 g/mol. The Labute approximate surface area is 116 Å². The lowest BCUT2D eigenvalue weighted by molar-refractivity contribution is 0.768. The normalized spacial score (nSPS) is 10.6. The van der Waals surface area contributed by atoms with E-state index in [1.54, 1.807) is 16.0 Å². The Hall–Kier alpha value is -2.07. The maximum absolute atomic E-state index is 4.30. The second-order valence-electron chi connectivity index (χ2n) is 4.40. The molecule has 0 unspecified atom stereocenters. The summed E-state index contributed by atoms with van der Waals surface area (Å²) in [7, 11) is 1.92. The zero-order chi connectivity index (χ0) is 13.1. The van der Waals surface area contributed by atoms with Gasteiger partial charge in [0.25, 0.3) is 0 Å². The van der Waals surface area contributed by atoms with E-state index in [1.165, 1.54) is 16.0 Å². The van der Waals surface area contributed by atoms with Crippen molar-refractivity contribution in [2.75, 3.05) is 5.32 Å². The molecule has 0 bridgehead atoms. The minimum atomic E-state index is 0.814. The lowest BCUT2D eigenvalue weighted by atomic mass is 10.1. The molecule has 0 saturated heterocycles. The predicted molar refractivity (Wildman–Crippen MR) is 80.3 cm³/mol. The summed E-state index contributed by atoms with van der Waals surface area (Å²) in [4.78, 5) is 1.31. The minimum absolute atomic E-state index is 0.814. The number of hydrogen-bond donors (Lipinski definition) is 1. The summed E-state index contributed by atoms with van der Waals surface area (Å²) in [5.74, 6) is 0.914. The largest absolute Gasteiger partial charge is 0.364 e. The first-order valence-electron chi connectivity index (χ1n) is 6.17. The molecule has 0 aliphatic heterocycles. The van der Waals surface area contributed by atoms with E-state index in [4.69, 9.17) is 0 Å². The molecule has 2 aromatic heterocycles.